The zero-order chi connectivity index (χ0) is 25.1. The number of aromatic nitrogens is 1. The minimum absolute atomic E-state index is 0.0604. The molecule has 1 aromatic heterocycles. The van der Waals surface area contributed by atoms with E-state index in [4.69, 9.17) is 5.26 Å². The summed E-state index contributed by atoms with van der Waals surface area (Å²) in [5.41, 5.74) is 6.31. The zero-order valence-electron chi connectivity index (χ0n) is 20.5. The fraction of sp³-hybridized carbons (Fsp3) is 0.333. The number of rotatable bonds is 6. The van der Waals surface area contributed by atoms with E-state index in [1.54, 1.807) is 12.4 Å². The van der Waals surface area contributed by atoms with Crippen LogP contribution in [0.2, 0.25) is 0 Å². The van der Waals surface area contributed by atoms with Gasteiger partial charge in [0, 0.05) is 37.1 Å². The Balaban J connectivity index is 1.24. The number of aryl methyl sites for hydroxylation is 1. The highest BCUT2D eigenvalue weighted by Crippen LogP contribution is 2.29. The van der Waals surface area contributed by atoms with Gasteiger partial charge in [-0.1, -0.05) is 18.2 Å². The van der Waals surface area contributed by atoms with E-state index < -0.39 is 0 Å². The molecule has 0 radical (unpaired) electrons. The van der Waals surface area contributed by atoms with Gasteiger partial charge in [0.05, 0.1) is 17.2 Å². The van der Waals surface area contributed by atoms with Crippen LogP contribution in [0.5, 0.6) is 0 Å². The van der Waals surface area contributed by atoms with Gasteiger partial charge in [-0.3, -0.25) is 14.6 Å². The van der Waals surface area contributed by atoms with Crippen molar-refractivity contribution in [1.82, 2.24) is 15.2 Å². The Kier molecular flexibility index (Phi) is 6.81. The predicted octanol–water partition coefficient (Wildman–Crippen LogP) is 4.76. The van der Waals surface area contributed by atoms with Gasteiger partial charge >= 0.3 is 0 Å². The van der Waals surface area contributed by atoms with Crippen molar-refractivity contribution in [3.8, 4) is 6.07 Å². The van der Waals surface area contributed by atoms with E-state index in [1.807, 2.05) is 60.4 Å². The van der Waals surface area contributed by atoms with Crippen molar-refractivity contribution < 1.29 is 9.59 Å². The first-order valence-corrected chi connectivity index (χ1v) is 12.6. The number of carbonyl (C=O) groups excluding carboxylic acids is 2. The molecular formula is C30H30N4O2. The van der Waals surface area contributed by atoms with Crippen LogP contribution < -0.4 is 5.32 Å². The maximum absolute atomic E-state index is 13.3. The molecular weight excluding hydrogens is 448 g/mol. The van der Waals surface area contributed by atoms with Gasteiger partial charge in [-0.2, -0.15) is 5.26 Å². The number of amides is 2. The van der Waals surface area contributed by atoms with E-state index in [2.05, 4.69) is 16.4 Å². The molecule has 36 heavy (non-hydrogen) atoms. The molecule has 0 spiro atoms. The molecule has 2 heterocycles. The fourth-order valence-corrected chi connectivity index (χ4v) is 4.85. The zero-order valence-corrected chi connectivity index (χ0v) is 20.5. The van der Waals surface area contributed by atoms with Crippen molar-refractivity contribution in [3.05, 3.63) is 99.9 Å². The highest BCUT2D eigenvalue weighted by molar-refractivity contribution is 5.95. The molecule has 1 aliphatic heterocycles. The van der Waals surface area contributed by atoms with Crippen LogP contribution in [0.3, 0.4) is 0 Å². The van der Waals surface area contributed by atoms with Crippen LogP contribution in [-0.2, 0) is 6.42 Å². The molecule has 1 aliphatic carbocycles. The van der Waals surface area contributed by atoms with E-state index in [0.29, 0.717) is 35.1 Å². The van der Waals surface area contributed by atoms with E-state index >= 15 is 0 Å². The van der Waals surface area contributed by atoms with Gasteiger partial charge in [-0.05, 0) is 97.5 Å². The summed E-state index contributed by atoms with van der Waals surface area (Å²) in [6, 6.07) is 18.1. The molecule has 2 aliphatic rings. The summed E-state index contributed by atoms with van der Waals surface area (Å²) in [5.74, 6) is 0.398. The molecule has 1 saturated heterocycles. The first kappa shape index (κ1) is 23.7. The standard InChI is InChI=1S/C30H30N4O2/c1-20-2-5-25(16-26(20)14-22-15-27(19-32-18-22)29(35)33-28-8-9-28)30(36)34-12-10-24(11-13-34)23-6-3-21(17-31)4-7-23/h2-7,15-16,18-19,24,28H,8-14H2,1H3,(H,33,35). The fourth-order valence-electron chi connectivity index (χ4n) is 4.85. The number of nitrogens with one attached hydrogen (secondary N) is 1. The minimum atomic E-state index is -0.0723. The molecule has 1 saturated carbocycles. The summed E-state index contributed by atoms with van der Waals surface area (Å²) in [5, 5.41) is 12.0. The maximum Gasteiger partial charge on any atom is 0.253 e. The average Bonchev–Trinajstić information content (AvgIpc) is 3.74. The normalized spacial score (nSPS) is 15.8. The van der Waals surface area contributed by atoms with Crippen LogP contribution in [0.4, 0.5) is 0 Å². The lowest BCUT2D eigenvalue weighted by atomic mass is 9.88. The molecule has 6 heteroatoms. The van der Waals surface area contributed by atoms with Gasteiger partial charge in [0.25, 0.3) is 11.8 Å². The molecule has 2 amide bonds. The van der Waals surface area contributed by atoms with Crippen LogP contribution in [0, 0.1) is 18.3 Å². The summed E-state index contributed by atoms with van der Waals surface area (Å²) in [7, 11) is 0. The van der Waals surface area contributed by atoms with Crippen molar-refractivity contribution in [2.24, 2.45) is 0 Å². The lowest BCUT2D eigenvalue weighted by Gasteiger charge is -2.32. The highest BCUT2D eigenvalue weighted by atomic mass is 16.2. The summed E-state index contributed by atoms with van der Waals surface area (Å²) < 4.78 is 0. The number of hydrogen-bond donors (Lipinski definition) is 1. The molecule has 6 nitrogen and oxygen atoms in total. The number of pyridine rings is 1. The molecule has 0 bridgehead atoms. The second kappa shape index (κ2) is 10.3. The topological polar surface area (TPSA) is 86.1 Å². The molecule has 2 fully saturated rings. The third-order valence-corrected chi connectivity index (χ3v) is 7.25. The Morgan fingerprint density at radius 3 is 2.44 bits per heavy atom. The van der Waals surface area contributed by atoms with Crippen molar-refractivity contribution >= 4 is 11.8 Å². The Labute approximate surface area is 212 Å². The SMILES string of the molecule is Cc1ccc(C(=O)N2CCC(c3ccc(C#N)cc3)CC2)cc1Cc1cncc(C(=O)NC2CC2)c1. The first-order chi connectivity index (χ1) is 17.5. The number of benzene rings is 2. The van der Waals surface area contributed by atoms with Crippen molar-refractivity contribution in [2.75, 3.05) is 13.1 Å². The van der Waals surface area contributed by atoms with E-state index in [-0.39, 0.29) is 11.8 Å². The van der Waals surface area contributed by atoms with Crippen LogP contribution >= 0.6 is 0 Å². The molecule has 5 rings (SSSR count). The first-order valence-electron chi connectivity index (χ1n) is 12.6. The number of nitrogens with zero attached hydrogens (tertiary/aromatic N) is 3. The Morgan fingerprint density at radius 2 is 1.75 bits per heavy atom. The summed E-state index contributed by atoms with van der Waals surface area (Å²) in [4.78, 5) is 32.0. The van der Waals surface area contributed by atoms with Gasteiger partial charge < -0.3 is 10.2 Å². The van der Waals surface area contributed by atoms with Gasteiger partial charge in [-0.25, -0.2) is 0 Å². The largest absolute Gasteiger partial charge is 0.349 e. The van der Waals surface area contributed by atoms with Gasteiger partial charge in [0.2, 0.25) is 0 Å². The molecule has 0 unspecified atom stereocenters. The van der Waals surface area contributed by atoms with Gasteiger partial charge in [0.1, 0.15) is 0 Å². The lowest BCUT2D eigenvalue weighted by molar-refractivity contribution is 0.0712. The smallest absolute Gasteiger partial charge is 0.253 e. The average molecular weight is 479 g/mol. The third-order valence-electron chi connectivity index (χ3n) is 7.25. The number of hydrogen-bond acceptors (Lipinski definition) is 4. The van der Waals surface area contributed by atoms with E-state index in [0.717, 1.165) is 55.5 Å². The number of piperidine rings is 1. The van der Waals surface area contributed by atoms with Crippen molar-refractivity contribution in [1.29, 1.82) is 5.26 Å². The number of carbonyl (C=O) groups is 2. The van der Waals surface area contributed by atoms with Crippen molar-refractivity contribution in [3.63, 3.8) is 0 Å². The molecule has 0 atom stereocenters. The third kappa shape index (κ3) is 5.46. The second-order valence-electron chi connectivity index (χ2n) is 9.95. The van der Waals surface area contributed by atoms with Crippen LogP contribution in [0.25, 0.3) is 0 Å². The Bertz CT molecular complexity index is 1310. The second-order valence-corrected chi connectivity index (χ2v) is 9.95. The van der Waals surface area contributed by atoms with Gasteiger partial charge in [-0.15, -0.1) is 0 Å². The Hall–Kier alpha value is -3.98. The van der Waals surface area contributed by atoms with Crippen LogP contribution in [0.1, 0.15) is 80.1 Å². The lowest BCUT2D eigenvalue weighted by Crippen LogP contribution is -2.38. The van der Waals surface area contributed by atoms with Gasteiger partial charge in [0.15, 0.2) is 0 Å². The monoisotopic (exact) mass is 478 g/mol. The minimum Gasteiger partial charge on any atom is -0.349 e. The molecule has 3 aromatic rings. The summed E-state index contributed by atoms with van der Waals surface area (Å²) >= 11 is 0. The van der Waals surface area contributed by atoms with E-state index in [9.17, 15) is 9.59 Å². The highest BCUT2D eigenvalue weighted by Gasteiger charge is 2.26. The maximum atomic E-state index is 13.3. The van der Waals surface area contributed by atoms with E-state index in [1.165, 1.54) is 5.56 Å². The molecule has 182 valence electrons. The molecule has 1 N–H and O–H groups in total. The van der Waals surface area contributed by atoms with Crippen LogP contribution in [0.15, 0.2) is 60.9 Å². The van der Waals surface area contributed by atoms with Crippen molar-refractivity contribution in [2.45, 2.75) is 51.0 Å². The number of likely N-dealkylation sites (tertiary alicyclic amines) is 1. The Morgan fingerprint density at radius 1 is 1.00 bits per heavy atom. The molecule has 2 aromatic carbocycles. The summed E-state index contributed by atoms with van der Waals surface area (Å²) in [6.45, 7) is 3.48. The number of nitriles is 1. The predicted molar refractivity (Wildman–Crippen MR) is 138 cm³/mol. The summed E-state index contributed by atoms with van der Waals surface area (Å²) in [6.07, 6.45) is 7.93. The quantitative estimate of drug-likeness (QED) is 0.553. The van der Waals surface area contributed by atoms with Crippen LogP contribution in [-0.4, -0.2) is 40.8 Å².